The van der Waals surface area contributed by atoms with Gasteiger partial charge >= 0.3 is 0 Å². The van der Waals surface area contributed by atoms with E-state index in [1.165, 1.54) is 0 Å². The molecule has 16 heavy (non-hydrogen) atoms. The standard InChI is InChI=1S/C12H14BrN3/c1-9(6-14)16-8-15-7-12(16)10-4-2-3-5-11(10)13/h2-5,7-9H,6,14H2,1H3. The average Bonchev–Trinajstić information content (AvgIpc) is 2.77. The van der Waals surface area contributed by atoms with Crippen molar-refractivity contribution in [1.29, 1.82) is 0 Å². The molecule has 1 aromatic carbocycles. The maximum absolute atomic E-state index is 5.69. The zero-order chi connectivity index (χ0) is 11.5. The summed E-state index contributed by atoms with van der Waals surface area (Å²) < 4.78 is 3.17. The fourth-order valence-corrected chi connectivity index (χ4v) is 2.13. The topological polar surface area (TPSA) is 43.8 Å². The van der Waals surface area contributed by atoms with Crippen LogP contribution in [0, 0.1) is 0 Å². The first-order chi connectivity index (χ1) is 7.74. The van der Waals surface area contributed by atoms with Crippen LogP contribution in [0.2, 0.25) is 0 Å². The van der Waals surface area contributed by atoms with E-state index in [1.807, 2.05) is 30.7 Å². The highest BCUT2D eigenvalue weighted by Gasteiger charge is 2.11. The number of aromatic nitrogens is 2. The molecule has 1 heterocycles. The van der Waals surface area contributed by atoms with Crippen molar-refractivity contribution >= 4 is 15.9 Å². The van der Waals surface area contributed by atoms with Gasteiger partial charge < -0.3 is 10.3 Å². The molecule has 1 unspecified atom stereocenters. The van der Waals surface area contributed by atoms with Gasteiger partial charge in [-0.3, -0.25) is 0 Å². The fraction of sp³-hybridized carbons (Fsp3) is 0.250. The minimum absolute atomic E-state index is 0.254. The van der Waals surface area contributed by atoms with Crippen molar-refractivity contribution in [2.75, 3.05) is 6.54 Å². The molecule has 1 atom stereocenters. The average molecular weight is 280 g/mol. The van der Waals surface area contributed by atoms with E-state index in [0.29, 0.717) is 6.54 Å². The Morgan fingerprint density at radius 2 is 2.19 bits per heavy atom. The second-order valence-electron chi connectivity index (χ2n) is 3.75. The third-order valence-electron chi connectivity index (χ3n) is 2.63. The minimum atomic E-state index is 0.254. The molecule has 0 aliphatic heterocycles. The second-order valence-corrected chi connectivity index (χ2v) is 4.61. The summed E-state index contributed by atoms with van der Waals surface area (Å²) in [4.78, 5) is 4.20. The van der Waals surface area contributed by atoms with Crippen LogP contribution in [0.3, 0.4) is 0 Å². The van der Waals surface area contributed by atoms with E-state index >= 15 is 0 Å². The van der Waals surface area contributed by atoms with Crippen LogP contribution in [0.5, 0.6) is 0 Å². The molecule has 2 N–H and O–H groups in total. The minimum Gasteiger partial charge on any atom is -0.328 e. The summed E-state index contributed by atoms with van der Waals surface area (Å²) in [7, 11) is 0. The van der Waals surface area contributed by atoms with Gasteiger partial charge in [-0.05, 0) is 13.0 Å². The molecule has 84 valence electrons. The molecule has 0 aliphatic carbocycles. The number of imidazole rings is 1. The Morgan fingerprint density at radius 3 is 2.88 bits per heavy atom. The highest BCUT2D eigenvalue weighted by atomic mass is 79.9. The lowest BCUT2D eigenvalue weighted by Gasteiger charge is -2.15. The molecule has 0 amide bonds. The van der Waals surface area contributed by atoms with Crippen molar-refractivity contribution in [3.8, 4) is 11.3 Å². The van der Waals surface area contributed by atoms with Gasteiger partial charge in [-0.2, -0.15) is 0 Å². The molecule has 2 aromatic rings. The Morgan fingerprint density at radius 1 is 1.44 bits per heavy atom. The van der Waals surface area contributed by atoms with Gasteiger partial charge in [0, 0.05) is 22.6 Å². The Labute approximate surface area is 103 Å². The lowest BCUT2D eigenvalue weighted by molar-refractivity contribution is 0.562. The number of hydrogen-bond acceptors (Lipinski definition) is 2. The molecule has 0 bridgehead atoms. The van der Waals surface area contributed by atoms with Gasteiger partial charge in [-0.25, -0.2) is 4.98 Å². The Bertz CT molecular complexity index is 479. The van der Waals surface area contributed by atoms with E-state index in [9.17, 15) is 0 Å². The molecular formula is C12H14BrN3. The first-order valence-electron chi connectivity index (χ1n) is 5.21. The smallest absolute Gasteiger partial charge is 0.0953 e. The second kappa shape index (κ2) is 4.80. The van der Waals surface area contributed by atoms with Crippen LogP contribution in [-0.4, -0.2) is 16.1 Å². The summed E-state index contributed by atoms with van der Waals surface area (Å²) >= 11 is 3.55. The quantitative estimate of drug-likeness (QED) is 0.939. The van der Waals surface area contributed by atoms with Gasteiger partial charge in [0.1, 0.15) is 0 Å². The summed E-state index contributed by atoms with van der Waals surface area (Å²) in [5, 5.41) is 0. The maximum atomic E-state index is 5.69. The summed E-state index contributed by atoms with van der Waals surface area (Å²) in [6, 6.07) is 8.37. The zero-order valence-electron chi connectivity index (χ0n) is 9.10. The van der Waals surface area contributed by atoms with Crippen molar-refractivity contribution in [2.45, 2.75) is 13.0 Å². The lowest BCUT2D eigenvalue weighted by Crippen LogP contribution is -2.16. The van der Waals surface area contributed by atoms with Crippen molar-refractivity contribution in [3.05, 3.63) is 41.3 Å². The molecule has 0 fully saturated rings. The van der Waals surface area contributed by atoms with Crippen molar-refractivity contribution in [3.63, 3.8) is 0 Å². The fourth-order valence-electron chi connectivity index (χ4n) is 1.65. The largest absolute Gasteiger partial charge is 0.328 e. The van der Waals surface area contributed by atoms with Gasteiger partial charge in [0.15, 0.2) is 0 Å². The molecule has 2 rings (SSSR count). The highest BCUT2D eigenvalue weighted by molar-refractivity contribution is 9.10. The van der Waals surface area contributed by atoms with E-state index in [4.69, 9.17) is 5.73 Å². The number of benzene rings is 1. The number of nitrogens with zero attached hydrogens (tertiary/aromatic N) is 2. The zero-order valence-corrected chi connectivity index (χ0v) is 10.7. The van der Waals surface area contributed by atoms with Crippen molar-refractivity contribution < 1.29 is 0 Å². The van der Waals surface area contributed by atoms with Gasteiger partial charge in [-0.1, -0.05) is 34.1 Å². The van der Waals surface area contributed by atoms with Crippen LogP contribution < -0.4 is 5.73 Å². The van der Waals surface area contributed by atoms with E-state index in [-0.39, 0.29) is 6.04 Å². The van der Waals surface area contributed by atoms with Crippen LogP contribution in [-0.2, 0) is 0 Å². The number of nitrogens with two attached hydrogens (primary N) is 1. The molecule has 0 spiro atoms. The normalized spacial score (nSPS) is 12.7. The van der Waals surface area contributed by atoms with Gasteiger partial charge in [0.2, 0.25) is 0 Å². The highest BCUT2D eigenvalue weighted by Crippen LogP contribution is 2.29. The van der Waals surface area contributed by atoms with Gasteiger partial charge in [0.05, 0.1) is 18.2 Å². The number of rotatable bonds is 3. The molecular weight excluding hydrogens is 266 g/mol. The molecule has 3 nitrogen and oxygen atoms in total. The van der Waals surface area contributed by atoms with Gasteiger partial charge in [-0.15, -0.1) is 0 Å². The first kappa shape index (κ1) is 11.4. The third kappa shape index (κ3) is 2.03. The van der Waals surface area contributed by atoms with Crippen LogP contribution in [0.4, 0.5) is 0 Å². The summed E-state index contributed by atoms with van der Waals surface area (Å²) in [6.07, 6.45) is 3.69. The Hall–Kier alpha value is -1.13. The third-order valence-corrected chi connectivity index (χ3v) is 3.32. The molecule has 4 heteroatoms. The monoisotopic (exact) mass is 279 g/mol. The van der Waals surface area contributed by atoms with Gasteiger partial charge in [0.25, 0.3) is 0 Å². The number of halogens is 1. The predicted molar refractivity (Wildman–Crippen MR) is 69.1 cm³/mol. The van der Waals surface area contributed by atoms with E-state index < -0.39 is 0 Å². The van der Waals surface area contributed by atoms with E-state index in [2.05, 4.69) is 38.5 Å². The summed E-state index contributed by atoms with van der Waals surface area (Å²) in [5.41, 5.74) is 7.92. The maximum Gasteiger partial charge on any atom is 0.0953 e. The predicted octanol–water partition coefficient (Wildman–Crippen LogP) is 2.83. The molecule has 0 saturated carbocycles. The summed E-state index contributed by atoms with van der Waals surface area (Å²) in [5.74, 6) is 0. The SMILES string of the molecule is CC(CN)n1cncc1-c1ccccc1Br. The number of hydrogen-bond donors (Lipinski definition) is 1. The van der Waals surface area contributed by atoms with Crippen molar-refractivity contribution in [2.24, 2.45) is 5.73 Å². The molecule has 0 saturated heterocycles. The molecule has 1 aromatic heterocycles. The lowest BCUT2D eigenvalue weighted by atomic mass is 10.1. The van der Waals surface area contributed by atoms with E-state index in [1.54, 1.807) is 0 Å². The Balaban J connectivity index is 2.49. The van der Waals surface area contributed by atoms with Crippen LogP contribution in [0.1, 0.15) is 13.0 Å². The van der Waals surface area contributed by atoms with Crippen LogP contribution >= 0.6 is 15.9 Å². The molecule has 0 radical (unpaired) electrons. The van der Waals surface area contributed by atoms with Crippen molar-refractivity contribution in [1.82, 2.24) is 9.55 Å². The van der Waals surface area contributed by atoms with Crippen LogP contribution in [0.15, 0.2) is 41.3 Å². The summed E-state index contributed by atoms with van der Waals surface area (Å²) in [6.45, 7) is 2.69. The van der Waals surface area contributed by atoms with E-state index in [0.717, 1.165) is 15.7 Å². The first-order valence-corrected chi connectivity index (χ1v) is 6.00. The Kier molecular flexibility index (Phi) is 3.41. The van der Waals surface area contributed by atoms with Crippen LogP contribution in [0.25, 0.3) is 11.3 Å². The molecule has 0 aliphatic rings.